The molecule has 6 heteroatoms. The van der Waals surface area contributed by atoms with E-state index in [2.05, 4.69) is 0 Å². The summed E-state index contributed by atoms with van der Waals surface area (Å²) in [4.78, 5) is 25.0. The fourth-order valence-corrected chi connectivity index (χ4v) is 2.42. The van der Waals surface area contributed by atoms with E-state index in [4.69, 9.17) is 15.3 Å². The van der Waals surface area contributed by atoms with E-state index in [-0.39, 0.29) is 13.0 Å². The van der Waals surface area contributed by atoms with Crippen LogP contribution >= 0.6 is 0 Å². The number of esters is 1. The van der Waals surface area contributed by atoms with E-state index in [9.17, 15) is 9.59 Å². The molecule has 0 aliphatic heterocycles. The fourth-order valence-electron chi connectivity index (χ4n) is 2.42. The van der Waals surface area contributed by atoms with Crippen molar-refractivity contribution in [3.8, 4) is 0 Å². The van der Waals surface area contributed by atoms with E-state index in [0.29, 0.717) is 0 Å². The Bertz CT molecular complexity index is 742. The average molecular weight is 370 g/mol. The van der Waals surface area contributed by atoms with Crippen molar-refractivity contribution < 1.29 is 19.1 Å². The zero-order chi connectivity index (χ0) is 19.9. The Labute approximate surface area is 159 Å². The molecule has 1 amide bonds. The van der Waals surface area contributed by atoms with Gasteiger partial charge in [-0.1, -0.05) is 60.7 Å². The Balaban J connectivity index is 2.10. The average Bonchev–Trinajstić information content (AvgIpc) is 2.64. The summed E-state index contributed by atoms with van der Waals surface area (Å²) in [5.74, 6) is 5.37. The molecule has 0 radical (unpaired) electrons. The molecule has 0 saturated carbocycles. The molecule has 2 aromatic rings. The van der Waals surface area contributed by atoms with Crippen LogP contribution in [0.5, 0.6) is 0 Å². The minimum Gasteiger partial charge on any atom is -0.458 e. The molecule has 0 aliphatic rings. The molecule has 0 aliphatic carbocycles. The lowest BCUT2D eigenvalue weighted by Crippen LogP contribution is -2.52. The molecule has 1 atom stereocenters. The van der Waals surface area contributed by atoms with Gasteiger partial charge in [0, 0.05) is 6.42 Å². The van der Waals surface area contributed by atoms with Gasteiger partial charge in [0.1, 0.15) is 12.2 Å². The van der Waals surface area contributed by atoms with Gasteiger partial charge in [0.25, 0.3) is 0 Å². The summed E-state index contributed by atoms with van der Waals surface area (Å²) in [6, 6.07) is 17.6. The van der Waals surface area contributed by atoms with Gasteiger partial charge in [-0.25, -0.2) is 20.4 Å². The molecule has 2 aromatic carbocycles. The van der Waals surface area contributed by atoms with Crippen molar-refractivity contribution in [1.82, 2.24) is 5.01 Å². The van der Waals surface area contributed by atoms with Crippen LogP contribution in [-0.4, -0.2) is 28.7 Å². The molecule has 27 heavy (non-hydrogen) atoms. The van der Waals surface area contributed by atoms with Crippen molar-refractivity contribution in [2.75, 3.05) is 0 Å². The maximum atomic E-state index is 12.6. The van der Waals surface area contributed by atoms with E-state index >= 15 is 0 Å². The van der Waals surface area contributed by atoms with Gasteiger partial charge >= 0.3 is 12.1 Å². The summed E-state index contributed by atoms with van der Waals surface area (Å²) in [5, 5.41) is 0.810. The summed E-state index contributed by atoms with van der Waals surface area (Å²) in [7, 11) is 0. The lowest BCUT2D eigenvalue weighted by Gasteiger charge is -2.29. The smallest absolute Gasteiger partial charge is 0.425 e. The third kappa shape index (κ3) is 6.75. The van der Waals surface area contributed by atoms with Crippen molar-refractivity contribution in [3.05, 3.63) is 71.8 Å². The van der Waals surface area contributed by atoms with Gasteiger partial charge in [0.2, 0.25) is 0 Å². The first-order valence-electron chi connectivity index (χ1n) is 8.77. The molecule has 0 bridgehead atoms. The zero-order valence-electron chi connectivity index (χ0n) is 15.9. The molecule has 6 nitrogen and oxygen atoms in total. The highest BCUT2D eigenvalue weighted by atomic mass is 16.6. The molecule has 0 spiro atoms. The predicted molar refractivity (Wildman–Crippen MR) is 102 cm³/mol. The summed E-state index contributed by atoms with van der Waals surface area (Å²) < 4.78 is 10.7. The van der Waals surface area contributed by atoms with Crippen LogP contribution in [0, 0.1) is 0 Å². The number of hydrazine groups is 1. The molecule has 0 unspecified atom stereocenters. The molecular formula is C21H26N2O4. The maximum Gasteiger partial charge on any atom is 0.425 e. The topological polar surface area (TPSA) is 81.9 Å². The van der Waals surface area contributed by atoms with Gasteiger partial charge in [-0.05, 0) is 31.9 Å². The SMILES string of the molecule is CC(C)(C)OC(=O)[C@@H](Cc1ccccc1)N(N)C(=O)OCc1ccccc1. The second kappa shape index (κ2) is 9.19. The van der Waals surface area contributed by atoms with Crippen molar-refractivity contribution in [1.29, 1.82) is 0 Å². The van der Waals surface area contributed by atoms with Gasteiger partial charge in [-0.2, -0.15) is 0 Å². The lowest BCUT2D eigenvalue weighted by molar-refractivity contribution is -0.161. The van der Waals surface area contributed by atoms with Crippen molar-refractivity contribution >= 4 is 12.1 Å². The van der Waals surface area contributed by atoms with E-state index in [1.54, 1.807) is 20.8 Å². The Kier molecular flexibility index (Phi) is 6.96. The number of hydrogen-bond donors (Lipinski definition) is 1. The van der Waals surface area contributed by atoms with Crippen molar-refractivity contribution in [2.24, 2.45) is 5.84 Å². The number of rotatable bonds is 6. The van der Waals surface area contributed by atoms with Crippen LogP contribution in [0.3, 0.4) is 0 Å². The van der Waals surface area contributed by atoms with Gasteiger partial charge in [-0.3, -0.25) is 0 Å². The second-order valence-electron chi connectivity index (χ2n) is 7.19. The van der Waals surface area contributed by atoms with Crippen molar-refractivity contribution in [2.45, 2.75) is 45.4 Å². The number of ether oxygens (including phenoxy) is 2. The molecule has 0 heterocycles. The minimum absolute atomic E-state index is 0.0692. The Morgan fingerprint density at radius 3 is 2.00 bits per heavy atom. The summed E-state index contributed by atoms with van der Waals surface area (Å²) in [6.45, 7) is 5.36. The number of amides is 1. The molecule has 0 fully saturated rings. The van der Waals surface area contributed by atoms with Gasteiger partial charge in [0.05, 0.1) is 0 Å². The molecule has 2 N–H and O–H groups in total. The third-order valence-corrected chi connectivity index (χ3v) is 3.70. The number of nitrogens with zero attached hydrogens (tertiary/aromatic N) is 1. The number of nitrogens with two attached hydrogens (primary N) is 1. The second-order valence-corrected chi connectivity index (χ2v) is 7.19. The van der Waals surface area contributed by atoms with Gasteiger partial charge in [-0.15, -0.1) is 0 Å². The van der Waals surface area contributed by atoms with Crippen LogP contribution in [0.4, 0.5) is 4.79 Å². The first-order valence-corrected chi connectivity index (χ1v) is 8.77. The van der Waals surface area contributed by atoms with Gasteiger partial charge < -0.3 is 9.47 Å². The zero-order valence-corrected chi connectivity index (χ0v) is 15.9. The van der Waals surface area contributed by atoms with Gasteiger partial charge in [0.15, 0.2) is 6.04 Å². The first-order chi connectivity index (χ1) is 12.8. The highest BCUT2D eigenvalue weighted by Gasteiger charge is 2.33. The Hall–Kier alpha value is -2.86. The summed E-state index contributed by atoms with van der Waals surface area (Å²) in [5.41, 5.74) is 0.997. The predicted octanol–water partition coefficient (Wildman–Crippen LogP) is 3.45. The summed E-state index contributed by atoms with van der Waals surface area (Å²) >= 11 is 0. The van der Waals surface area contributed by atoms with E-state index in [1.807, 2.05) is 60.7 Å². The van der Waals surface area contributed by atoms with Crippen LogP contribution in [0.15, 0.2) is 60.7 Å². The largest absolute Gasteiger partial charge is 0.458 e. The fraction of sp³-hybridized carbons (Fsp3) is 0.333. The Morgan fingerprint density at radius 2 is 1.48 bits per heavy atom. The minimum atomic E-state index is -0.991. The van der Waals surface area contributed by atoms with Crippen molar-refractivity contribution in [3.63, 3.8) is 0 Å². The monoisotopic (exact) mass is 370 g/mol. The standard InChI is InChI=1S/C21H26N2O4/c1-21(2,3)27-19(24)18(14-16-10-6-4-7-11-16)23(22)20(25)26-15-17-12-8-5-9-13-17/h4-13,18H,14-15,22H2,1-3H3/t18-/m1/s1. The normalized spacial score (nSPS) is 12.1. The van der Waals surface area contributed by atoms with E-state index < -0.39 is 23.7 Å². The molecule has 0 aromatic heterocycles. The molecule has 0 saturated heterocycles. The number of benzene rings is 2. The van der Waals surface area contributed by atoms with Crippen LogP contribution in [-0.2, 0) is 27.3 Å². The van der Waals surface area contributed by atoms with Crippen LogP contribution in [0.25, 0.3) is 0 Å². The highest BCUT2D eigenvalue weighted by Crippen LogP contribution is 2.15. The molecular weight excluding hydrogens is 344 g/mol. The van der Waals surface area contributed by atoms with E-state index in [0.717, 1.165) is 16.1 Å². The summed E-state index contributed by atoms with van der Waals surface area (Å²) in [6.07, 6.45) is -0.558. The highest BCUT2D eigenvalue weighted by molar-refractivity contribution is 5.81. The number of carbonyl (C=O) groups is 2. The number of carbonyl (C=O) groups excluding carboxylic acids is 2. The van der Waals surface area contributed by atoms with E-state index in [1.165, 1.54) is 0 Å². The lowest BCUT2D eigenvalue weighted by atomic mass is 10.1. The third-order valence-electron chi connectivity index (χ3n) is 3.70. The quantitative estimate of drug-likeness (QED) is 0.364. The molecule has 144 valence electrons. The first kappa shape index (κ1) is 20.5. The maximum absolute atomic E-state index is 12.6. The van der Waals surface area contributed by atoms with Crippen LogP contribution < -0.4 is 5.84 Å². The number of hydrogen-bond acceptors (Lipinski definition) is 5. The molecule has 2 rings (SSSR count). The Morgan fingerprint density at radius 1 is 0.963 bits per heavy atom. The van der Waals surface area contributed by atoms with Crippen LogP contribution in [0.2, 0.25) is 0 Å². The van der Waals surface area contributed by atoms with Crippen LogP contribution in [0.1, 0.15) is 31.9 Å².